The molecule has 0 aromatic heterocycles. The summed E-state index contributed by atoms with van der Waals surface area (Å²) < 4.78 is 5.17. The summed E-state index contributed by atoms with van der Waals surface area (Å²) in [5.74, 6) is -0.803. The first kappa shape index (κ1) is 20.0. The van der Waals surface area contributed by atoms with Crippen molar-refractivity contribution in [3.63, 3.8) is 0 Å². The van der Waals surface area contributed by atoms with Gasteiger partial charge in [0.05, 0.1) is 6.42 Å². The zero-order valence-corrected chi connectivity index (χ0v) is 14.9. The molecular formula is C19H29NO4. The second-order valence-corrected chi connectivity index (χ2v) is 6.98. The number of ether oxygens (including phenoxy) is 1. The molecule has 0 atom stereocenters. The molecule has 0 saturated heterocycles. The van der Waals surface area contributed by atoms with Gasteiger partial charge in [-0.3, -0.25) is 4.79 Å². The molecular weight excluding hydrogens is 306 g/mol. The van der Waals surface area contributed by atoms with E-state index in [4.69, 9.17) is 9.84 Å². The Hall–Kier alpha value is -2.04. The minimum atomic E-state index is -0.803. The maximum absolute atomic E-state index is 11.5. The highest BCUT2D eigenvalue weighted by atomic mass is 16.6. The van der Waals surface area contributed by atoms with Gasteiger partial charge in [-0.2, -0.15) is 0 Å². The Morgan fingerprint density at radius 2 is 1.58 bits per heavy atom. The Labute approximate surface area is 144 Å². The van der Waals surface area contributed by atoms with Crippen LogP contribution in [-0.2, 0) is 22.4 Å². The van der Waals surface area contributed by atoms with E-state index in [2.05, 4.69) is 5.32 Å². The fraction of sp³-hybridized carbons (Fsp3) is 0.579. The minimum absolute atomic E-state index is 0.0743. The normalized spacial score (nSPS) is 11.1. The first-order chi connectivity index (χ1) is 11.3. The number of carbonyl (C=O) groups is 2. The van der Waals surface area contributed by atoms with Gasteiger partial charge in [-0.25, -0.2) is 4.79 Å². The van der Waals surface area contributed by atoms with Crippen LogP contribution in [0.4, 0.5) is 4.79 Å². The van der Waals surface area contributed by atoms with Crippen LogP contribution in [0.25, 0.3) is 0 Å². The molecule has 0 heterocycles. The number of benzene rings is 1. The SMILES string of the molecule is CC(C)(C)OC(=O)NCCCCCCc1ccc(CC(=O)O)cc1. The van der Waals surface area contributed by atoms with E-state index in [-0.39, 0.29) is 12.5 Å². The zero-order chi connectivity index (χ0) is 18.0. The third-order valence-electron chi connectivity index (χ3n) is 3.44. The van der Waals surface area contributed by atoms with Crippen molar-refractivity contribution in [2.75, 3.05) is 6.54 Å². The molecule has 0 saturated carbocycles. The van der Waals surface area contributed by atoms with Crippen LogP contribution in [0.3, 0.4) is 0 Å². The van der Waals surface area contributed by atoms with Crippen molar-refractivity contribution in [1.29, 1.82) is 0 Å². The molecule has 1 aromatic rings. The van der Waals surface area contributed by atoms with Crippen LogP contribution < -0.4 is 5.32 Å². The molecule has 134 valence electrons. The third kappa shape index (κ3) is 9.87. The quantitative estimate of drug-likeness (QED) is 0.670. The summed E-state index contributed by atoms with van der Waals surface area (Å²) in [6, 6.07) is 7.77. The van der Waals surface area contributed by atoms with Gasteiger partial charge in [0.25, 0.3) is 0 Å². The van der Waals surface area contributed by atoms with Crippen LogP contribution in [0.1, 0.15) is 57.6 Å². The smallest absolute Gasteiger partial charge is 0.407 e. The van der Waals surface area contributed by atoms with Gasteiger partial charge in [-0.1, -0.05) is 37.1 Å². The molecule has 5 heteroatoms. The largest absolute Gasteiger partial charge is 0.481 e. The van der Waals surface area contributed by atoms with Crippen LogP contribution in [0.5, 0.6) is 0 Å². The molecule has 0 aliphatic carbocycles. The number of carbonyl (C=O) groups excluding carboxylic acids is 1. The number of carboxylic acids is 1. The predicted octanol–water partition coefficient (Wildman–Crippen LogP) is 3.94. The Bertz CT molecular complexity index is 517. The summed E-state index contributed by atoms with van der Waals surface area (Å²) in [6.45, 7) is 6.18. The van der Waals surface area contributed by atoms with Crippen molar-refractivity contribution in [2.24, 2.45) is 0 Å². The summed E-state index contributed by atoms with van der Waals surface area (Å²) >= 11 is 0. The lowest BCUT2D eigenvalue weighted by atomic mass is 10.0. The molecule has 1 rings (SSSR count). The first-order valence-electron chi connectivity index (χ1n) is 8.53. The van der Waals surface area contributed by atoms with Gasteiger partial charge in [-0.15, -0.1) is 0 Å². The van der Waals surface area contributed by atoms with Gasteiger partial charge < -0.3 is 15.2 Å². The highest BCUT2D eigenvalue weighted by Crippen LogP contribution is 2.10. The molecule has 24 heavy (non-hydrogen) atoms. The molecule has 2 N–H and O–H groups in total. The number of alkyl carbamates (subject to hydrolysis) is 1. The summed E-state index contributed by atoms with van der Waals surface area (Å²) in [6.07, 6.45) is 4.91. The van der Waals surface area contributed by atoms with Gasteiger partial charge >= 0.3 is 12.1 Å². The number of unbranched alkanes of at least 4 members (excludes halogenated alkanes) is 3. The molecule has 0 radical (unpaired) electrons. The van der Waals surface area contributed by atoms with E-state index in [9.17, 15) is 9.59 Å². The average Bonchev–Trinajstić information content (AvgIpc) is 2.45. The van der Waals surface area contributed by atoms with E-state index in [0.29, 0.717) is 6.54 Å². The predicted molar refractivity (Wildman–Crippen MR) is 94.2 cm³/mol. The van der Waals surface area contributed by atoms with E-state index in [1.165, 1.54) is 5.56 Å². The summed E-state index contributed by atoms with van der Waals surface area (Å²) in [5.41, 5.74) is 1.61. The van der Waals surface area contributed by atoms with E-state index in [0.717, 1.165) is 37.7 Å². The standard InChI is InChI=1S/C19H29NO4/c1-19(2,3)24-18(23)20-13-7-5-4-6-8-15-9-11-16(12-10-15)14-17(21)22/h9-12H,4-8,13-14H2,1-3H3,(H,20,23)(H,21,22). The number of nitrogens with one attached hydrogen (secondary N) is 1. The molecule has 1 aromatic carbocycles. The second-order valence-electron chi connectivity index (χ2n) is 6.98. The van der Waals surface area contributed by atoms with Crippen molar-refractivity contribution in [1.82, 2.24) is 5.32 Å². The van der Waals surface area contributed by atoms with E-state index < -0.39 is 11.6 Å². The first-order valence-corrected chi connectivity index (χ1v) is 8.53. The Kier molecular flexibility index (Phi) is 8.30. The van der Waals surface area contributed by atoms with Crippen LogP contribution in [-0.4, -0.2) is 29.3 Å². The molecule has 0 spiro atoms. The Morgan fingerprint density at radius 1 is 1.00 bits per heavy atom. The number of aryl methyl sites for hydroxylation is 1. The van der Waals surface area contributed by atoms with Gasteiger partial charge in [0.15, 0.2) is 0 Å². The van der Waals surface area contributed by atoms with Gasteiger partial charge in [0.1, 0.15) is 5.60 Å². The fourth-order valence-corrected chi connectivity index (χ4v) is 2.31. The monoisotopic (exact) mass is 335 g/mol. The molecule has 0 bridgehead atoms. The van der Waals surface area contributed by atoms with Gasteiger partial charge in [0, 0.05) is 6.54 Å². The Balaban J connectivity index is 2.08. The molecule has 1 amide bonds. The number of amides is 1. The van der Waals surface area contributed by atoms with Crippen LogP contribution in [0.15, 0.2) is 24.3 Å². The van der Waals surface area contributed by atoms with Crippen LogP contribution >= 0.6 is 0 Å². The Morgan fingerprint density at radius 3 is 2.17 bits per heavy atom. The summed E-state index contributed by atoms with van der Waals surface area (Å²) in [7, 11) is 0. The molecule has 0 aliphatic rings. The van der Waals surface area contributed by atoms with Gasteiger partial charge in [-0.05, 0) is 51.2 Å². The average molecular weight is 335 g/mol. The maximum atomic E-state index is 11.5. The fourth-order valence-electron chi connectivity index (χ4n) is 2.31. The van der Waals surface area contributed by atoms with Crippen molar-refractivity contribution in [3.8, 4) is 0 Å². The maximum Gasteiger partial charge on any atom is 0.407 e. The third-order valence-corrected chi connectivity index (χ3v) is 3.44. The second kappa shape index (κ2) is 9.96. The number of hydrogen-bond acceptors (Lipinski definition) is 3. The molecule has 0 unspecified atom stereocenters. The summed E-state index contributed by atoms with van der Waals surface area (Å²) in [5, 5.41) is 11.5. The number of rotatable bonds is 9. The molecule has 0 aliphatic heterocycles. The molecule has 0 fully saturated rings. The van der Waals surface area contributed by atoms with Crippen molar-refractivity contribution in [2.45, 2.75) is 64.9 Å². The van der Waals surface area contributed by atoms with E-state index in [1.54, 1.807) is 0 Å². The van der Waals surface area contributed by atoms with Gasteiger partial charge in [0.2, 0.25) is 0 Å². The number of aliphatic carboxylic acids is 1. The topological polar surface area (TPSA) is 75.6 Å². The number of hydrogen-bond donors (Lipinski definition) is 2. The molecule has 5 nitrogen and oxygen atoms in total. The highest BCUT2D eigenvalue weighted by Gasteiger charge is 2.15. The van der Waals surface area contributed by atoms with Crippen molar-refractivity contribution in [3.05, 3.63) is 35.4 Å². The lowest BCUT2D eigenvalue weighted by Gasteiger charge is -2.19. The highest BCUT2D eigenvalue weighted by molar-refractivity contribution is 5.70. The number of carboxylic acid groups (broad SMARTS) is 1. The summed E-state index contributed by atoms with van der Waals surface area (Å²) in [4.78, 5) is 22.1. The van der Waals surface area contributed by atoms with Crippen molar-refractivity contribution < 1.29 is 19.4 Å². The lowest BCUT2D eigenvalue weighted by Crippen LogP contribution is -2.32. The van der Waals surface area contributed by atoms with E-state index in [1.807, 2.05) is 45.0 Å². The van der Waals surface area contributed by atoms with E-state index >= 15 is 0 Å². The minimum Gasteiger partial charge on any atom is -0.481 e. The van der Waals surface area contributed by atoms with Crippen LogP contribution in [0.2, 0.25) is 0 Å². The zero-order valence-electron chi connectivity index (χ0n) is 14.9. The van der Waals surface area contributed by atoms with Crippen molar-refractivity contribution >= 4 is 12.1 Å². The van der Waals surface area contributed by atoms with Crippen LogP contribution in [0, 0.1) is 0 Å². The lowest BCUT2D eigenvalue weighted by molar-refractivity contribution is -0.136.